The lowest BCUT2D eigenvalue weighted by Gasteiger charge is -2.10. The van der Waals surface area contributed by atoms with E-state index >= 15 is 0 Å². The van der Waals surface area contributed by atoms with Crippen LogP contribution in [0.15, 0.2) is 24.5 Å². The molecule has 1 aromatic carbocycles. The molecule has 1 aromatic heterocycles. The number of nitrogens with two attached hydrogens (primary N) is 1. The lowest BCUT2D eigenvalue weighted by Crippen LogP contribution is -1.97. The van der Waals surface area contributed by atoms with Crippen LogP contribution in [0.2, 0.25) is 0 Å². The highest BCUT2D eigenvalue weighted by molar-refractivity contribution is 5.77. The van der Waals surface area contributed by atoms with E-state index in [1.807, 2.05) is 0 Å². The lowest BCUT2D eigenvalue weighted by atomic mass is 10.1. The number of ether oxygens (including phenoxy) is 1. The van der Waals surface area contributed by atoms with E-state index in [9.17, 15) is 4.39 Å². The summed E-state index contributed by atoms with van der Waals surface area (Å²) in [6.07, 6.45) is 3.28. The number of methoxy groups -OCH3 is 1. The zero-order valence-corrected chi connectivity index (χ0v) is 9.07. The van der Waals surface area contributed by atoms with Crippen molar-refractivity contribution >= 4 is 5.69 Å². The standard InChI is InChI=1S/C11H12FN3O/c1-15-6-7(5-14-15)10-8(12)3-4-9(13)11(10)16-2/h3-6H,13H2,1-2H3. The van der Waals surface area contributed by atoms with Gasteiger partial charge in [0.15, 0.2) is 5.75 Å². The second-order valence-corrected chi connectivity index (χ2v) is 3.45. The summed E-state index contributed by atoms with van der Waals surface area (Å²) in [5, 5.41) is 3.99. The van der Waals surface area contributed by atoms with Crippen LogP contribution in [0.4, 0.5) is 10.1 Å². The molecule has 0 aliphatic carbocycles. The lowest BCUT2D eigenvalue weighted by molar-refractivity contribution is 0.415. The van der Waals surface area contributed by atoms with E-state index in [-0.39, 0.29) is 5.82 Å². The van der Waals surface area contributed by atoms with Gasteiger partial charge in [0.05, 0.1) is 24.6 Å². The smallest absolute Gasteiger partial charge is 0.152 e. The molecule has 2 N–H and O–H groups in total. The van der Waals surface area contributed by atoms with Gasteiger partial charge in [-0.25, -0.2) is 4.39 Å². The average molecular weight is 221 g/mol. The van der Waals surface area contributed by atoms with Crippen molar-refractivity contribution in [3.05, 3.63) is 30.3 Å². The Balaban J connectivity index is 2.67. The number of rotatable bonds is 2. The maximum absolute atomic E-state index is 13.7. The van der Waals surface area contributed by atoms with Crippen LogP contribution in [-0.2, 0) is 7.05 Å². The van der Waals surface area contributed by atoms with Crippen molar-refractivity contribution in [2.75, 3.05) is 12.8 Å². The molecule has 0 radical (unpaired) electrons. The summed E-state index contributed by atoms with van der Waals surface area (Å²) >= 11 is 0. The Bertz CT molecular complexity index is 522. The van der Waals surface area contributed by atoms with E-state index in [1.165, 1.54) is 19.2 Å². The molecule has 16 heavy (non-hydrogen) atoms. The number of hydrogen-bond donors (Lipinski definition) is 1. The predicted octanol–water partition coefficient (Wildman–Crippen LogP) is 1.82. The quantitative estimate of drug-likeness (QED) is 0.787. The van der Waals surface area contributed by atoms with E-state index in [1.54, 1.807) is 24.1 Å². The van der Waals surface area contributed by atoms with Crippen molar-refractivity contribution < 1.29 is 9.13 Å². The average Bonchev–Trinajstić information content (AvgIpc) is 2.67. The van der Waals surface area contributed by atoms with Gasteiger partial charge in [-0.3, -0.25) is 4.68 Å². The monoisotopic (exact) mass is 221 g/mol. The SMILES string of the molecule is COc1c(N)ccc(F)c1-c1cnn(C)c1. The van der Waals surface area contributed by atoms with Gasteiger partial charge in [-0.05, 0) is 12.1 Å². The minimum Gasteiger partial charge on any atom is -0.494 e. The fourth-order valence-electron chi connectivity index (χ4n) is 1.61. The van der Waals surface area contributed by atoms with E-state index < -0.39 is 0 Å². The normalized spacial score (nSPS) is 10.4. The van der Waals surface area contributed by atoms with Crippen LogP contribution < -0.4 is 10.5 Å². The maximum atomic E-state index is 13.7. The Hall–Kier alpha value is -2.04. The zero-order chi connectivity index (χ0) is 11.7. The first-order valence-corrected chi connectivity index (χ1v) is 4.74. The highest BCUT2D eigenvalue weighted by atomic mass is 19.1. The van der Waals surface area contributed by atoms with Crippen molar-refractivity contribution in [1.29, 1.82) is 0 Å². The molecule has 1 heterocycles. The number of aromatic nitrogens is 2. The van der Waals surface area contributed by atoms with E-state index in [2.05, 4.69) is 5.10 Å². The number of nitrogen functional groups attached to an aromatic ring is 1. The van der Waals surface area contributed by atoms with Gasteiger partial charge >= 0.3 is 0 Å². The first-order chi connectivity index (χ1) is 7.63. The summed E-state index contributed by atoms with van der Waals surface area (Å²) in [6.45, 7) is 0. The highest BCUT2D eigenvalue weighted by Gasteiger charge is 2.15. The van der Waals surface area contributed by atoms with Gasteiger partial charge in [0.1, 0.15) is 5.82 Å². The Kier molecular flexibility index (Phi) is 2.52. The topological polar surface area (TPSA) is 53.1 Å². The maximum Gasteiger partial charge on any atom is 0.152 e. The molecule has 4 nitrogen and oxygen atoms in total. The number of nitrogens with zero attached hydrogens (tertiary/aromatic N) is 2. The van der Waals surface area contributed by atoms with Crippen LogP contribution >= 0.6 is 0 Å². The summed E-state index contributed by atoms with van der Waals surface area (Å²) < 4.78 is 20.5. The Morgan fingerprint density at radius 1 is 1.44 bits per heavy atom. The van der Waals surface area contributed by atoms with E-state index in [0.717, 1.165) is 0 Å². The summed E-state index contributed by atoms with van der Waals surface area (Å²) in [5.74, 6) is -0.0351. The first-order valence-electron chi connectivity index (χ1n) is 4.74. The van der Waals surface area contributed by atoms with Crippen molar-refractivity contribution in [2.45, 2.75) is 0 Å². The molecule has 0 aliphatic heterocycles. The van der Waals surface area contributed by atoms with Crippen LogP contribution in [0.5, 0.6) is 5.75 Å². The second kappa shape index (κ2) is 3.84. The molecule has 0 amide bonds. The Morgan fingerprint density at radius 2 is 2.19 bits per heavy atom. The van der Waals surface area contributed by atoms with Gasteiger partial charge in [0, 0.05) is 18.8 Å². The fraction of sp³-hybridized carbons (Fsp3) is 0.182. The van der Waals surface area contributed by atoms with Crippen LogP contribution in [0, 0.1) is 5.82 Å². The van der Waals surface area contributed by atoms with Gasteiger partial charge in [-0.1, -0.05) is 0 Å². The molecule has 0 fully saturated rings. The Labute approximate surface area is 92.4 Å². The van der Waals surface area contributed by atoms with Gasteiger partial charge in [0.25, 0.3) is 0 Å². The minimum atomic E-state index is -0.376. The Morgan fingerprint density at radius 3 is 2.75 bits per heavy atom. The third-order valence-corrected chi connectivity index (χ3v) is 2.33. The van der Waals surface area contributed by atoms with Crippen LogP contribution in [-0.4, -0.2) is 16.9 Å². The third kappa shape index (κ3) is 1.60. The van der Waals surface area contributed by atoms with E-state index in [4.69, 9.17) is 10.5 Å². The number of aryl methyl sites for hydroxylation is 1. The number of anilines is 1. The van der Waals surface area contributed by atoms with Crippen molar-refractivity contribution in [3.8, 4) is 16.9 Å². The van der Waals surface area contributed by atoms with Gasteiger partial charge in [-0.2, -0.15) is 5.10 Å². The molecule has 0 bridgehead atoms. The summed E-state index contributed by atoms with van der Waals surface area (Å²) in [5.41, 5.74) is 7.12. The molecular weight excluding hydrogens is 209 g/mol. The summed E-state index contributed by atoms with van der Waals surface area (Å²) in [6, 6.07) is 2.80. The van der Waals surface area contributed by atoms with Crippen molar-refractivity contribution in [1.82, 2.24) is 9.78 Å². The second-order valence-electron chi connectivity index (χ2n) is 3.45. The third-order valence-electron chi connectivity index (χ3n) is 2.33. The largest absolute Gasteiger partial charge is 0.494 e. The predicted molar refractivity (Wildman–Crippen MR) is 59.6 cm³/mol. The molecule has 84 valence electrons. The van der Waals surface area contributed by atoms with Gasteiger partial charge < -0.3 is 10.5 Å². The molecular formula is C11H12FN3O. The summed E-state index contributed by atoms with van der Waals surface area (Å²) in [4.78, 5) is 0. The molecule has 0 saturated heterocycles. The molecule has 0 atom stereocenters. The zero-order valence-electron chi connectivity index (χ0n) is 9.07. The number of hydrogen-bond acceptors (Lipinski definition) is 3. The number of halogens is 1. The molecule has 0 spiro atoms. The van der Waals surface area contributed by atoms with E-state index in [0.29, 0.717) is 22.6 Å². The summed E-state index contributed by atoms with van der Waals surface area (Å²) in [7, 11) is 3.23. The van der Waals surface area contributed by atoms with Crippen molar-refractivity contribution in [2.24, 2.45) is 7.05 Å². The minimum absolute atomic E-state index is 0.341. The van der Waals surface area contributed by atoms with Crippen LogP contribution in [0.3, 0.4) is 0 Å². The number of benzene rings is 1. The molecule has 5 heteroatoms. The first kappa shape index (κ1) is 10.5. The van der Waals surface area contributed by atoms with Crippen LogP contribution in [0.1, 0.15) is 0 Å². The van der Waals surface area contributed by atoms with Crippen molar-refractivity contribution in [3.63, 3.8) is 0 Å². The molecule has 2 aromatic rings. The molecule has 2 rings (SSSR count). The highest BCUT2D eigenvalue weighted by Crippen LogP contribution is 2.36. The molecule has 0 aliphatic rings. The van der Waals surface area contributed by atoms with Gasteiger partial charge in [-0.15, -0.1) is 0 Å². The molecule has 0 unspecified atom stereocenters. The van der Waals surface area contributed by atoms with Crippen LogP contribution in [0.25, 0.3) is 11.1 Å². The van der Waals surface area contributed by atoms with Gasteiger partial charge in [0.2, 0.25) is 0 Å². The fourth-order valence-corrected chi connectivity index (χ4v) is 1.61. The molecule has 0 saturated carbocycles.